The molecule has 6 nitrogen and oxygen atoms in total. The first-order valence-corrected chi connectivity index (χ1v) is 6.09. The van der Waals surface area contributed by atoms with Crippen molar-refractivity contribution < 1.29 is 4.42 Å². The van der Waals surface area contributed by atoms with Gasteiger partial charge in [-0.2, -0.15) is 15.4 Å². The first kappa shape index (κ1) is 11.7. The first-order valence-electron chi connectivity index (χ1n) is 5.68. The molecule has 2 heterocycles. The number of thiocarbonyl (C=S) groups is 1. The van der Waals surface area contributed by atoms with Crippen molar-refractivity contribution in [3.05, 3.63) is 42.4 Å². The SMILES string of the molecule is S=C(NCc1ccoc1)Nc1cccc2n[nH]nc12. The van der Waals surface area contributed by atoms with Crippen LogP contribution < -0.4 is 10.6 Å². The summed E-state index contributed by atoms with van der Waals surface area (Å²) in [5.41, 5.74) is 3.40. The van der Waals surface area contributed by atoms with Crippen LogP contribution in [0.3, 0.4) is 0 Å². The molecule has 0 radical (unpaired) electrons. The quantitative estimate of drug-likeness (QED) is 0.634. The van der Waals surface area contributed by atoms with Crippen LogP contribution in [0, 0.1) is 0 Å². The number of para-hydroxylation sites is 1. The molecule has 19 heavy (non-hydrogen) atoms. The van der Waals surface area contributed by atoms with E-state index in [9.17, 15) is 0 Å². The second-order valence-corrected chi connectivity index (χ2v) is 4.34. The lowest BCUT2D eigenvalue weighted by Gasteiger charge is -2.09. The standard InChI is InChI=1S/C12H11N5OS/c19-12(13-6-8-4-5-18-7-8)14-9-2-1-3-10-11(9)16-17-15-10/h1-5,7H,6H2,(H2,13,14,19)(H,15,16,17). The number of aromatic nitrogens is 3. The van der Waals surface area contributed by atoms with E-state index in [1.54, 1.807) is 12.5 Å². The zero-order chi connectivity index (χ0) is 13.1. The van der Waals surface area contributed by atoms with Crippen molar-refractivity contribution in [2.24, 2.45) is 0 Å². The average molecular weight is 273 g/mol. The van der Waals surface area contributed by atoms with Gasteiger partial charge in [0.1, 0.15) is 11.0 Å². The van der Waals surface area contributed by atoms with E-state index in [4.69, 9.17) is 16.6 Å². The minimum atomic E-state index is 0.525. The van der Waals surface area contributed by atoms with Crippen LogP contribution in [0.2, 0.25) is 0 Å². The Morgan fingerprint density at radius 3 is 3.11 bits per heavy atom. The maximum atomic E-state index is 5.23. The fourth-order valence-electron chi connectivity index (χ4n) is 1.71. The molecule has 96 valence electrons. The minimum Gasteiger partial charge on any atom is -0.472 e. The lowest BCUT2D eigenvalue weighted by Crippen LogP contribution is -2.27. The molecule has 0 atom stereocenters. The Hall–Kier alpha value is -2.41. The molecular formula is C12H11N5OS. The number of rotatable bonds is 3. The molecule has 3 aromatic rings. The highest BCUT2D eigenvalue weighted by Crippen LogP contribution is 2.18. The van der Waals surface area contributed by atoms with Crippen molar-refractivity contribution in [3.63, 3.8) is 0 Å². The molecule has 0 aliphatic heterocycles. The molecule has 0 aliphatic carbocycles. The van der Waals surface area contributed by atoms with E-state index in [0.717, 1.165) is 22.3 Å². The Morgan fingerprint density at radius 2 is 2.26 bits per heavy atom. The zero-order valence-electron chi connectivity index (χ0n) is 9.88. The molecular weight excluding hydrogens is 262 g/mol. The fourth-order valence-corrected chi connectivity index (χ4v) is 1.89. The molecule has 0 bridgehead atoms. The Morgan fingerprint density at radius 1 is 1.32 bits per heavy atom. The van der Waals surface area contributed by atoms with Crippen molar-refractivity contribution in [3.8, 4) is 0 Å². The van der Waals surface area contributed by atoms with Gasteiger partial charge >= 0.3 is 0 Å². The van der Waals surface area contributed by atoms with Gasteiger partial charge in [-0.15, -0.1) is 0 Å². The van der Waals surface area contributed by atoms with Crippen LogP contribution in [-0.2, 0) is 6.54 Å². The van der Waals surface area contributed by atoms with Crippen LogP contribution in [0.4, 0.5) is 5.69 Å². The van der Waals surface area contributed by atoms with Gasteiger partial charge in [-0.1, -0.05) is 6.07 Å². The summed E-state index contributed by atoms with van der Waals surface area (Å²) < 4.78 is 4.99. The molecule has 0 saturated heterocycles. The van der Waals surface area contributed by atoms with Crippen LogP contribution in [0.1, 0.15) is 5.56 Å². The molecule has 0 spiro atoms. The lowest BCUT2D eigenvalue weighted by atomic mass is 10.2. The second kappa shape index (κ2) is 5.07. The number of H-pyrrole nitrogens is 1. The van der Waals surface area contributed by atoms with E-state index in [-0.39, 0.29) is 0 Å². The van der Waals surface area contributed by atoms with Crippen molar-refractivity contribution in [1.82, 2.24) is 20.7 Å². The summed E-state index contributed by atoms with van der Waals surface area (Å²) in [5, 5.41) is 17.4. The molecule has 2 aromatic heterocycles. The predicted octanol–water partition coefficient (Wildman–Crippen LogP) is 2.04. The number of hydrogen-bond donors (Lipinski definition) is 3. The van der Waals surface area contributed by atoms with Gasteiger partial charge in [0, 0.05) is 12.1 Å². The normalized spacial score (nSPS) is 10.5. The van der Waals surface area contributed by atoms with Gasteiger partial charge < -0.3 is 15.1 Å². The topological polar surface area (TPSA) is 78.8 Å². The van der Waals surface area contributed by atoms with Crippen LogP contribution in [0.15, 0.2) is 41.2 Å². The van der Waals surface area contributed by atoms with E-state index in [1.807, 2.05) is 24.3 Å². The number of furan rings is 1. The minimum absolute atomic E-state index is 0.525. The van der Waals surface area contributed by atoms with Crippen molar-refractivity contribution in [2.75, 3.05) is 5.32 Å². The largest absolute Gasteiger partial charge is 0.472 e. The van der Waals surface area contributed by atoms with Gasteiger partial charge in [0.05, 0.1) is 18.2 Å². The third-order valence-corrected chi connectivity index (χ3v) is 2.87. The molecule has 0 aliphatic rings. The van der Waals surface area contributed by atoms with E-state index in [0.29, 0.717) is 11.7 Å². The molecule has 0 fully saturated rings. The maximum Gasteiger partial charge on any atom is 0.171 e. The Labute approximate surface area is 114 Å². The number of nitrogens with zero attached hydrogens (tertiary/aromatic N) is 2. The third-order valence-electron chi connectivity index (χ3n) is 2.63. The summed E-state index contributed by atoms with van der Waals surface area (Å²) in [6, 6.07) is 7.56. The molecule has 3 N–H and O–H groups in total. The van der Waals surface area contributed by atoms with Crippen LogP contribution in [-0.4, -0.2) is 20.5 Å². The van der Waals surface area contributed by atoms with Crippen molar-refractivity contribution in [2.45, 2.75) is 6.54 Å². The van der Waals surface area contributed by atoms with E-state index in [2.05, 4.69) is 26.0 Å². The molecule has 7 heteroatoms. The van der Waals surface area contributed by atoms with Gasteiger partial charge in [0.25, 0.3) is 0 Å². The number of nitrogens with one attached hydrogen (secondary N) is 3. The Bertz CT molecular complexity index is 691. The van der Waals surface area contributed by atoms with Gasteiger partial charge in [-0.25, -0.2) is 0 Å². The number of anilines is 1. The summed E-state index contributed by atoms with van der Waals surface area (Å²) in [6.45, 7) is 0.608. The van der Waals surface area contributed by atoms with Crippen molar-refractivity contribution >= 4 is 34.1 Å². The molecule has 3 rings (SSSR count). The van der Waals surface area contributed by atoms with Crippen molar-refractivity contribution in [1.29, 1.82) is 0 Å². The summed E-state index contributed by atoms with van der Waals surface area (Å²) in [7, 11) is 0. The zero-order valence-corrected chi connectivity index (χ0v) is 10.7. The average Bonchev–Trinajstić information content (AvgIpc) is 3.08. The van der Waals surface area contributed by atoms with E-state index < -0.39 is 0 Å². The smallest absolute Gasteiger partial charge is 0.171 e. The molecule has 1 aromatic carbocycles. The molecule has 0 amide bonds. The number of benzene rings is 1. The fraction of sp³-hybridized carbons (Fsp3) is 0.0833. The lowest BCUT2D eigenvalue weighted by molar-refractivity contribution is 0.563. The monoisotopic (exact) mass is 273 g/mol. The highest BCUT2D eigenvalue weighted by Gasteiger charge is 2.06. The van der Waals surface area contributed by atoms with Gasteiger partial charge in [0.15, 0.2) is 5.11 Å². The summed E-state index contributed by atoms with van der Waals surface area (Å²) in [5.74, 6) is 0. The Kier molecular flexibility index (Phi) is 3.11. The number of hydrogen-bond acceptors (Lipinski definition) is 4. The van der Waals surface area contributed by atoms with Gasteiger partial charge in [0.2, 0.25) is 0 Å². The Balaban J connectivity index is 1.67. The second-order valence-electron chi connectivity index (χ2n) is 3.94. The predicted molar refractivity (Wildman–Crippen MR) is 75.7 cm³/mol. The summed E-state index contributed by atoms with van der Waals surface area (Å²) in [4.78, 5) is 0. The highest BCUT2D eigenvalue weighted by molar-refractivity contribution is 7.80. The number of fused-ring (bicyclic) bond motifs is 1. The first-order chi connectivity index (χ1) is 9.33. The molecule has 0 unspecified atom stereocenters. The van der Waals surface area contributed by atoms with Gasteiger partial charge in [-0.05, 0) is 30.4 Å². The van der Waals surface area contributed by atoms with Gasteiger partial charge in [-0.3, -0.25) is 0 Å². The third kappa shape index (κ3) is 2.55. The van der Waals surface area contributed by atoms with Crippen LogP contribution >= 0.6 is 12.2 Å². The maximum absolute atomic E-state index is 5.23. The van der Waals surface area contributed by atoms with Crippen LogP contribution in [0.5, 0.6) is 0 Å². The van der Waals surface area contributed by atoms with Crippen LogP contribution in [0.25, 0.3) is 11.0 Å². The van der Waals surface area contributed by atoms with E-state index >= 15 is 0 Å². The molecule has 0 saturated carbocycles. The number of aromatic amines is 1. The summed E-state index contributed by atoms with van der Waals surface area (Å²) >= 11 is 5.23. The highest BCUT2D eigenvalue weighted by atomic mass is 32.1. The summed E-state index contributed by atoms with van der Waals surface area (Å²) in [6.07, 6.45) is 3.30. The van der Waals surface area contributed by atoms with E-state index in [1.165, 1.54) is 0 Å².